The van der Waals surface area contributed by atoms with Gasteiger partial charge in [0.1, 0.15) is 6.10 Å². The Balaban J connectivity index is 2.44. The molecule has 12 heteroatoms. The highest BCUT2D eigenvalue weighted by molar-refractivity contribution is 9.28. The van der Waals surface area contributed by atoms with Gasteiger partial charge in [-0.05, 0) is 141 Å². The normalized spacial score (nSPS) is 26.6. The van der Waals surface area contributed by atoms with Crippen molar-refractivity contribution < 1.29 is 38.0 Å². The molecule has 1 aliphatic carbocycles. The molecule has 1 heterocycles. The lowest BCUT2D eigenvalue weighted by atomic mass is 9.78. The Bertz CT molecular complexity index is 1320. The Morgan fingerprint density at radius 2 is 1.26 bits per heavy atom. The van der Waals surface area contributed by atoms with Gasteiger partial charge in [-0.3, -0.25) is 0 Å². The predicted octanol–water partition coefficient (Wildman–Crippen LogP) is 14.1. The Morgan fingerprint density at radius 3 is 1.71 bits per heavy atom. The molecule has 1 saturated heterocycles. The van der Waals surface area contributed by atoms with Gasteiger partial charge in [-0.2, -0.15) is 0 Å². The number of aliphatic hydroxyl groups excluding tert-OH is 2. The van der Waals surface area contributed by atoms with Gasteiger partial charge in [-0.15, -0.1) is 0 Å². The Hall–Kier alpha value is 0.554. The summed E-state index contributed by atoms with van der Waals surface area (Å²) in [5.41, 5.74) is 3.66. The van der Waals surface area contributed by atoms with Crippen molar-refractivity contribution >= 4 is 48.5 Å². The molecule has 0 radical (unpaired) electrons. The molecule has 0 amide bonds. The molecule has 8 nitrogen and oxygen atoms in total. The lowest BCUT2D eigenvalue weighted by molar-refractivity contribution is -0.313. The lowest BCUT2D eigenvalue weighted by Crippen LogP contribution is -2.56. The topological polar surface area (TPSA) is 95.8 Å². The van der Waals surface area contributed by atoms with E-state index < -0.39 is 46.7 Å². The average Bonchev–Trinajstić information content (AvgIpc) is 3.15. The van der Waals surface area contributed by atoms with Crippen LogP contribution >= 0.6 is 31.9 Å². The molecular weight excluding hydrogens is 945 g/mol. The first kappa shape index (κ1) is 58.7. The van der Waals surface area contributed by atoms with Gasteiger partial charge >= 0.3 is 0 Å². The van der Waals surface area contributed by atoms with Crippen molar-refractivity contribution in [2.24, 2.45) is 29.6 Å². The number of hydrogen-bond donors (Lipinski definition) is 2. The fraction of sp³-hybridized carbons (Fsp3) is 0.920. The molecule has 1 aliphatic heterocycles. The van der Waals surface area contributed by atoms with Gasteiger partial charge in [0.2, 0.25) is 16.6 Å². The molecular formula is C50H96Br2O8Si2. The second-order valence-corrected chi connectivity index (χ2v) is 35.6. The molecule has 2 N–H and O–H groups in total. The zero-order valence-electron chi connectivity index (χ0n) is 43.1. The third-order valence-electron chi connectivity index (χ3n) is 15.2. The van der Waals surface area contributed by atoms with Gasteiger partial charge in [0.15, 0.2) is 5.79 Å². The summed E-state index contributed by atoms with van der Waals surface area (Å²) in [5, 5.41) is 22.8. The van der Waals surface area contributed by atoms with Crippen molar-refractivity contribution in [2.45, 2.75) is 245 Å². The Kier molecular flexibility index (Phi) is 24.4. The number of hydrogen-bond acceptors (Lipinski definition) is 8. The van der Waals surface area contributed by atoms with Crippen LogP contribution in [0.5, 0.6) is 0 Å². The highest BCUT2D eigenvalue weighted by Gasteiger charge is 2.51. The van der Waals surface area contributed by atoms with Crippen molar-refractivity contribution in [3.05, 3.63) is 21.1 Å². The minimum absolute atomic E-state index is 0.0367. The van der Waals surface area contributed by atoms with Gasteiger partial charge in [0.25, 0.3) is 0 Å². The van der Waals surface area contributed by atoms with Gasteiger partial charge in [-0.1, -0.05) is 116 Å². The summed E-state index contributed by atoms with van der Waals surface area (Å²) in [6, 6.07) is 0. The Labute approximate surface area is 400 Å². The fourth-order valence-corrected chi connectivity index (χ4v) is 24.4. The van der Waals surface area contributed by atoms with Crippen molar-refractivity contribution in [1.29, 1.82) is 0 Å². The largest absolute Gasteiger partial charge is 0.411 e. The number of aliphatic hydroxyl groups is 2. The van der Waals surface area contributed by atoms with Gasteiger partial charge < -0.3 is 38.0 Å². The molecule has 0 unspecified atom stereocenters. The average molecular weight is 1040 g/mol. The maximum absolute atomic E-state index is 12.2. The van der Waals surface area contributed by atoms with E-state index in [1.54, 1.807) is 7.11 Å². The summed E-state index contributed by atoms with van der Waals surface area (Å²) in [4.78, 5) is 0. The number of allylic oxidation sites excluding steroid dienone is 1. The number of halogens is 2. The lowest BCUT2D eigenvalue weighted by Gasteiger charge is -2.48. The highest BCUT2D eigenvalue weighted by atomic mass is 79.9. The molecule has 2 aliphatic rings. The van der Waals surface area contributed by atoms with Crippen LogP contribution in [0.3, 0.4) is 0 Å². The van der Waals surface area contributed by atoms with E-state index in [1.807, 2.05) is 13.2 Å². The predicted molar refractivity (Wildman–Crippen MR) is 272 cm³/mol. The molecule has 62 heavy (non-hydrogen) atoms. The van der Waals surface area contributed by atoms with Crippen LogP contribution in [0.2, 0.25) is 33.2 Å². The molecule has 0 spiro atoms. The minimum atomic E-state index is -2.46. The van der Waals surface area contributed by atoms with Gasteiger partial charge in [-0.25, -0.2) is 0 Å². The van der Waals surface area contributed by atoms with Crippen LogP contribution in [0.1, 0.15) is 163 Å². The first-order chi connectivity index (χ1) is 28.6. The first-order valence-corrected chi connectivity index (χ1v) is 30.3. The monoisotopic (exact) mass is 1040 g/mol. The first-order valence-electron chi connectivity index (χ1n) is 24.4. The van der Waals surface area contributed by atoms with Crippen LogP contribution in [0, 0.1) is 29.6 Å². The van der Waals surface area contributed by atoms with Crippen LogP contribution in [-0.4, -0.2) is 96.2 Å². The molecule has 0 aromatic carbocycles. The van der Waals surface area contributed by atoms with E-state index in [9.17, 15) is 10.2 Å². The molecule has 2 rings (SSSR count). The molecule has 366 valence electrons. The van der Waals surface area contributed by atoms with E-state index >= 15 is 0 Å². The van der Waals surface area contributed by atoms with E-state index in [-0.39, 0.29) is 42.9 Å². The van der Waals surface area contributed by atoms with E-state index in [1.165, 1.54) is 0 Å². The standard InChI is InChI=1S/C50H96Br2O8Si2/c1-30(2)61(31(3)4,32(5)6)59-42-22-21-40(27-45(42)55-19)26-38(15)44-28-43(57-50(17,18)58-44)37(14)25-39(16)48(60-62(33(7)8,34(9)10)35(11)12)49(56-20)47(54)41(29-53)23-36(13)24-46(51)52/h24-25,30-38,40-45,47-49,53-54H,21-23,26-29H2,1-20H3/b39-25+/t36-,37+,38+,40-,41-,42+,43+,44-,45+,47+,48+,49-/m0/s1. The van der Waals surface area contributed by atoms with Crippen LogP contribution in [0.4, 0.5) is 0 Å². The number of methoxy groups -OCH3 is 2. The summed E-state index contributed by atoms with van der Waals surface area (Å²) in [6.45, 7) is 40.7. The number of ether oxygens (including phenoxy) is 4. The van der Waals surface area contributed by atoms with Crippen LogP contribution in [0.25, 0.3) is 0 Å². The van der Waals surface area contributed by atoms with E-state index in [0.29, 0.717) is 51.5 Å². The van der Waals surface area contributed by atoms with E-state index in [4.69, 9.17) is 27.8 Å². The second kappa shape index (κ2) is 25.8. The molecule has 0 aromatic heterocycles. The molecule has 0 bridgehead atoms. The van der Waals surface area contributed by atoms with Crippen LogP contribution in [0.15, 0.2) is 21.1 Å². The zero-order valence-corrected chi connectivity index (χ0v) is 48.3. The smallest absolute Gasteiger partial charge is 0.201 e. The van der Waals surface area contributed by atoms with E-state index in [2.05, 4.69) is 163 Å². The van der Waals surface area contributed by atoms with E-state index in [0.717, 1.165) is 41.1 Å². The SMILES string of the molecule is CO[C@@H]([C@H](O)[C@H](CO)C[C@H](C)C=C(Br)Br)[C@H](O[Si](C(C)C)(C(C)C)C(C)C)/C(C)=C/[C@@H](C)[C@H]1C[C@@H]([C@H](C)C[C@@H]2CC[C@@H](O[Si](C(C)C)(C(C)C)C(C)C)[C@H](OC)C2)OC(C)(C)O1. The van der Waals surface area contributed by atoms with Crippen molar-refractivity contribution in [3.8, 4) is 0 Å². The van der Waals surface area contributed by atoms with Crippen molar-refractivity contribution in [1.82, 2.24) is 0 Å². The van der Waals surface area contributed by atoms with Crippen molar-refractivity contribution in [2.75, 3.05) is 20.8 Å². The maximum Gasteiger partial charge on any atom is 0.201 e. The highest BCUT2D eigenvalue weighted by Crippen LogP contribution is 2.47. The summed E-state index contributed by atoms with van der Waals surface area (Å²) >= 11 is 6.97. The second-order valence-electron chi connectivity index (χ2n) is 22.0. The van der Waals surface area contributed by atoms with Crippen LogP contribution in [-0.2, 0) is 27.8 Å². The van der Waals surface area contributed by atoms with Gasteiger partial charge in [0, 0.05) is 39.1 Å². The summed E-state index contributed by atoms with van der Waals surface area (Å²) < 4.78 is 41.8. The zero-order chi connectivity index (χ0) is 47.7. The molecule has 12 atom stereocenters. The molecule has 2 fully saturated rings. The quantitative estimate of drug-likeness (QED) is 0.0690. The summed E-state index contributed by atoms with van der Waals surface area (Å²) in [7, 11) is -0.948. The third-order valence-corrected chi connectivity index (χ3v) is 27.9. The van der Waals surface area contributed by atoms with Crippen LogP contribution < -0.4 is 0 Å². The number of rotatable bonds is 25. The fourth-order valence-electron chi connectivity index (χ4n) is 12.3. The minimum Gasteiger partial charge on any atom is -0.411 e. The van der Waals surface area contributed by atoms with Crippen molar-refractivity contribution in [3.63, 3.8) is 0 Å². The maximum atomic E-state index is 12.2. The Morgan fingerprint density at radius 1 is 0.742 bits per heavy atom. The third kappa shape index (κ3) is 15.0. The molecule has 1 saturated carbocycles. The summed E-state index contributed by atoms with van der Waals surface area (Å²) in [6.07, 6.45) is 8.09. The summed E-state index contributed by atoms with van der Waals surface area (Å²) in [5.74, 6) is -0.119. The molecule has 0 aromatic rings. The van der Waals surface area contributed by atoms with Gasteiger partial charge in [0.05, 0.1) is 40.0 Å².